The molecule has 0 aliphatic heterocycles. The van der Waals surface area contributed by atoms with Crippen molar-refractivity contribution in [2.75, 3.05) is 11.9 Å². The van der Waals surface area contributed by atoms with E-state index in [1.165, 1.54) is 6.92 Å². The number of hydrogen-bond acceptors (Lipinski definition) is 5. The van der Waals surface area contributed by atoms with Crippen LogP contribution in [-0.4, -0.2) is 36.7 Å². The van der Waals surface area contributed by atoms with Gasteiger partial charge >= 0.3 is 12.0 Å². The Hall–Kier alpha value is -3.55. The molecule has 0 spiro atoms. The molecule has 0 saturated carbocycles. The number of ether oxygens (including phenoxy) is 2. The molecule has 29 heavy (non-hydrogen) atoms. The average Bonchev–Trinajstić information content (AvgIpc) is 2.69. The topological polar surface area (TPSA) is 120 Å². The highest BCUT2D eigenvalue weighted by Gasteiger charge is 2.26. The Labute approximate surface area is 169 Å². The van der Waals surface area contributed by atoms with Crippen molar-refractivity contribution >= 4 is 23.6 Å². The van der Waals surface area contributed by atoms with E-state index in [-0.39, 0.29) is 6.42 Å². The van der Waals surface area contributed by atoms with Crippen molar-refractivity contribution in [2.45, 2.75) is 32.4 Å². The normalized spacial score (nSPS) is 12.3. The number of nitrogens with two attached hydrogens (primary N) is 1. The second kappa shape index (κ2) is 10.7. The van der Waals surface area contributed by atoms with Crippen LogP contribution in [-0.2, 0) is 20.7 Å². The summed E-state index contributed by atoms with van der Waals surface area (Å²) in [7, 11) is 0. The molecule has 0 saturated heterocycles. The van der Waals surface area contributed by atoms with Gasteiger partial charge in [0, 0.05) is 6.42 Å². The molecule has 154 valence electrons. The molecule has 0 aliphatic carbocycles. The number of carbonyl (C=O) groups is 3. The molecule has 0 fully saturated rings. The number of esters is 1. The second-order valence-electron chi connectivity index (χ2n) is 6.25. The molecule has 0 unspecified atom stereocenters. The Kier molecular flexibility index (Phi) is 8.02. The molecule has 0 heterocycles. The van der Waals surface area contributed by atoms with Gasteiger partial charge in [-0.2, -0.15) is 0 Å². The molecule has 0 bridgehead atoms. The zero-order valence-electron chi connectivity index (χ0n) is 16.4. The van der Waals surface area contributed by atoms with Gasteiger partial charge in [-0.3, -0.25) is 4.79 Å². The number of primary amides is 1. The Bertz CT molecular complexity index is 841. The highest BCUT2D eigenvalue weighted by Crippen LogP contribution is 2.24. The number of benzene rings is 2. The smallest absolute Gasteiger partial charge is 0.329 e. The van der Waals surface area contributed by atoms with Crippen LogP contribution in [0.1, 0.15) is 19.4 Å². The molecule has 4 N–H and O–H groups in total. The highest BCUT2D eigenvalue weighted by molar-refractivity contribution is 5.96. The van der Waals surface area contributed by atoms with Crippen molar-refractivity contribution in [3.8, 4) is 5.75 Å². The first-order valence-electron chi connectivity index (χ1n) is 9.23. The minimum Gasteiger partial charge on any atom is -0.492 e. The van der Waals surface area contributed by atoms with Crippen LogP contribution in [0.2, 0.25) is 0 Å². The number of amides is 3. The maximum atomic E-state index is 12.5. The predicted molar refractivity (Wildman–Crippen MR) is 108 cm³/mol. The summed E-state index contributed by atoms with van der Waals surface area (Å²) in [5, 5.41) is 5.04. The van der Waals surface area contributed by atoms with E-state index in [0.29, 0.717) is 18.0 Å². The quantitative estimate of drug-likeness (QED) is 0.559. The van der Waals surface area contributed by atoms with Crippen LogP contribution in [0.5, 0.6) is 5.75 Å². The Morgan fingerprint density at radius 1 is 1.03 bits per heavy atom. The number of para-hydroxylation sites is 2. The zero-order valence-corrected chi connectivity index (χ0v) is 16.4. The van der Waals surface area contributed by atoms with E-state index in [0.717, 1.165) is 5.56 Å². The number of hydrogen-bond donors (Lipinski definition) is 3. The summed E-state index contributed by atoms with van der Waals surface area (Å²) in [5.74, 6) is -0.768. The molecule has 0 aliphatic rings. The van der Waals surface area contributed by atoms with Gasteiger partial charge in [-0.25, -0.2) is 9.59 Å². The lowest BCUT2D eigenvalue weighted by atomic mass is 10.1. The Morgan fingerprint density at radius 2 is 1.69 bits per heavy atom. The number of anilines is 1. The monoisotopic (exact) mass is 399 g/mol. The standard InChI is InChI=1S/C21H25N3O5/c1-3-28-18-12-8-7-11-16(18)23-19(25)14(2)29-20(26)17(24-21(22)27)13-15-9-5-4-6-10-15/h4-12,14,17H,3,13H2,1-2H3,(H,23,25)(H3,22,24,27)/t14-,17+/m1/s1. The van der Waals surface area contributed by atoms with Crippen LogP contribution >= 0.6 is 0 Å². The van der Waals surface area contributed by atoms with Crippen LogP contribution in [0, 0.1) is 0 Å². The van der Waals surface area contributed by atoms with Crippen molar-refractivity contribution in [3.63, 3.8) is 0 Å². The van der Waals surface area contributed by atoms with Gasteiger partial charge in [0.05, 0.1) is 12.3 Å². The van der Waals surface area contributed by atoms with E-state index >= 15 is 0 Å². The van der Waals surface area contributed by atoms with Crippen molar-refractivity contribution in [1.29, 1.82) is 0 Å². The molecule has 3 amide bonds. The SMILES string of the molecule is CCOc1ccccc1NC(=O)[C@@H](C)OC(=O)[C@H](Cc1ccccc1)NC(N)=O. The number of rotatable bonds is 9. The third-order valence-corrected chi connectivity index (χ3v) is 3.99. The average molecular weight is 399 g/mol. The van der Waals surface area contributed by atoms with Gasteiger partial charge in [0.2, 0.25) is 0 Å². The fourth-order valence-electron chi connectivity index (χ4n) is 2.61. The van der Waals surface area contributed by atoms with Gasteiger partial charge in [0.1, 0.15) is 11.8 Å². The predicted octanol–water partition coefficient (Wildman–Crippen LogP) is 2.24. The largest absolute Gasteiger partial charge is 0.492 e. The van der Waals surface area contributed by atoms with Crippen LogP contribution < -0.4 is 21.1 Å². The molecule has 0 radical (unpaired) electrons. The first-order valence-corrected chi connectivity index (χ1v) is 9.23. The van der Waals surface area contributed by atoms with Gasteiger partial charge in [0.15, 0.2) is 6.10 Å². The fourth-order valence-corrected chi connectivity index (χ4v) is 2.61. The van der Waals surface area contributed by atoms with E-state index in [4.69, 9.17) is 15.2 Å². The van der Waals surface area contributed by atoms with Crippen LogP contribution in [0.3, 0.4) is 0 Å². The first-order chi connectivity index (χ1) is 13.9. The van der Waals surface area contributed by atoms with E-state index < -0.39 is 30.1 Å². The van der Waals surface area contributed by atoms with Crippen molar-refractivity contribution in [2.24, 2.45) is 5.73 Å². The molecule has 8 nitrogen and oxygen atoms in total. The van der Waals surface area contributed by atoms with Crippen molar-refractivity contribution < 1.29 is 23.9 Å². The van der Waals surface area contributed by atoms with E-state index in [1.54, 1.807) is 24.3 Å². The lowest BCUT2D eigenvalue weighted by molar-refractivity contribution is -0.155. The summed E-state index contributed by atoms with van der Waals surface area (Å²) in [6.45, 7) is 3.72. The van der Waals surface area contributed by atoms with Gasteiger partial charge in [-0.05, 0) is 31.5 Å². The van der Waals surface area contributed by atoms with E-state index in [2.05, 4.69) is 10.6 Å². The van der Waals surface area contributed by atoms with Gasteiger partial charge < -0.3 is 25.8 Å². The molecular weight excluding hydrogens is 374 g/mol. The third kappa shape index (κ3) is 6.84. The van der Waals surface area contributed by atoms with Crippen molar-refractivity contribution in [3.05, 3.63) is 60.2 Å². The summed E-state index contributed by atoms with van der Waals surface area (Å²) in [6, 6.07) is 14.2. The molecule has 2 rings (SSSR count). The van der Waals surface area contributed by atoms with Crippen LogP contribution in [0.4, 0.5) is 10.5 Å². The summed E-state index contributed by atoms with van der Waals surface area (Å²) in [5.41, 5.74) is 6.45. The Balaban J connectivity index is 2.02. The summed E-state index contributed by atoms with van der Waals surface area (Å²) in [4.78, 5) is 36.2. The van der Waals surface area contributed by atoms with E-state index in [9.17, 15) is 14.4 Å². The maximum Gasteiger partial charge on any atom is 0.329 e. The minimum absolute atomic E-state index is 0.185. The molecule has 2 aromatic carbocycles. The van der Waals surface area contributed by atoms with E-state index in [1.807, 2.05) is 37.3 Å². The summed E-state index contributed by atoms with van der Waals surface area (Å²) in [6.07, 6.45) is -0.908. The number of nitrogens with one attached hydrogen (secondary N) is 2. The minimum atomic E-state index is -1.09. The zero-order chi connectivity index (χ0) is 21.2. The lowest BCUT2D eigenvalue weighted by Gasteiger charge is -2.20. The molecule has 8 heteroatoms. The Morgan fingerprint density at radius 3 is 2.34 bits per heavy atom. The van der Waals surface area contributed by atoms with Crippen LogP contribution in [0.15, 0.2) is 54.6 Å². The summed E-state index contributed by atoms with van der Waals surface area (Å²) < 4.78 is 10.7. The lowest BCUT2D eigenvalue weighted by Crippen LogP contribution is -2.47. The first kappa shape index (κ1) is 21.7. The fraction of sp³-hybridized carbons (Fsp3) is 0.286. The maximum absolute atomic E-state index is 12.5. The van der Waals surface area contributed by atoms with Gasteiger partial charge in [-0.1, -0.05) is 42.5 Å². The molecular formula is C21H25N3O5. The molecule has 0 aromatic heterocycles. The van der Waals surface area contributed by atoms with Gasteiger partial charge in [0.25, 0.3) is 5.91 Å². The third-order valence-electron chi connectivity index (χ3n) is 3.99. The number of urea groups is 1. The van der Waals surface area contributed by atoms with Crippen LogP contribution in [0.25, 0.3) is 0 Å². The highest BCUT2D eigenvalue weighted by atomic mass is 16.5. The summed E-state index contributed by atoms with van der Waals surface area (Å²) >= 11 is 0. The number of carbonyl (C=O) groups excluding carboxylic acids is 3. The van der Waals surface area contributed by atoms with Crippen molar-refractivity contribution in [1.82, 2.24) is 5.32 Å². The van der Waals surface area contributed by atoms with Gasteiger partial charge in [-0.15, -0.1) is 0 Å². The second-order valence-corrected chi connectivity index (χ2v) is 6.25. The molecule has 2 aromatic rings. The molecule has 2 atom stereocenters.